The fourth-order valence-electron chi connectivity index (χ4n) is 2.00. The van der Waals surface area contributed by atoms with Gasteiger partial charge in [-0.05, 0) is 24.3 Å². The molecule has 0 saturated heterocycles. The highest BCUT2D eigenvalue weighted by molar-refractivity contribution is 5.79. The van der Waals surface area contributed by atoms with Gasteiger partial charge >= 0.3 is 12.4 Å². The Kier molecular flexibility index (Phi) is 2.85. The quantitative estimate of drug-likeness (QED) is 0.710. The maximum absolute atomic E-state index is 12.5. The van der Waals surface area contributed by atoms with Crippen LogP contribution < -0.4 is 4.74 Å². The van der Waals surface area contributed by atoms with Crippen LogP contribution >= 0.6 is 0 Å². The molecule has 3 rings (SSSR count). The molecule has 102 valence electrons. The molecule has 20 heavy (non-hydrogen) atoms. The Bertz CT molecular complexity index is 735. The molecule has 6 heteroatoms. The van der Waals surface area contributed by atoms with E-state index in [1.54, 1.807) is 54.6 Å². The summed E-state index contributed by atoms with van der Waals surface area (Å²) in [6.07, 6.45) is -4.78. The van der Waals surface area contributed by atoms with Gasteiger partial charge in [0.15, 0.2) is 0 Å². The third-order valence-corrected chi connectivity index (χ3v) is 2.75. The zero-order valence-corrected chi connectivity index (χ0v) is 10.1. The van der Waals surface area contributed by atoms with Crippen LogP contribution in [-0.2, 0) is 0 Å². The summed E-state index contributed by atoms with van der Waals surface area (Å²) in [5, 5.41) is 0. The van der Waals surface area contributed by atoms with Crippen molar-refractivity contribution in [2.24, 2.45) is 0 Å². The van der Waals surface area contributed by atoms with Gasteiger partial charge in [0.1, 0.15) is 0 Å². The number of hydrogen-bond donors (Lipinski definition) is 0. The number of alkyl halides is 3. The number of rotatable bonds is 2. The molecule has 0 aliphatic rings. The largest absolute Gasteiger partial charge is 0.575 e. The smallest absolute Gasteiger partial charge is 0.372 e. The molecule has 2 aromatic carbocycles. The van der Waals surface area contributed by atoms with Crippen LogP contribution in [0, 0.1) is 0 Å². The molecule has 0 N–H and O–H groups in total. The van der Waals surface area contributed by atoms with Crippen LogP contribution in [0.4, 0.5) is 13.2 Å². The molecule has 0 radical (unpaired) electrons. The van der Waals surface area contributed by atoms with Crippen LogP contribution in [0.5, 0.6) is 6.01 Å². The first-order valence-corrected chi connectivity index (χ1v) is 5.83. The second-order valence-electron chi connectivity index (χ2n) is 4.10. The molecule has 0 saturated carbocycles. The van der Waals surface area contributed by atoms with Gasteiger partial charge in [0, 0.05) is 0 Å². The average Bonchev–Trinajstić information content (AvgIpc) is 2.75. The molecule has 3 nitrogen and oxygen atoms in total. The Morgan fingerprint density at radius 1 is 0.900 bits per heavy atom. The summed E-state index contributed by atoms with van der Waals surface area (Å²) in [5.74, 6) is 0. The Morgan fingerprint density at radius 3 is 2.25 bits per heavy atom. The highest BCUT2D eigenvalue weighted by Gasteiger charge is 2.34. The van der Waals surface area contributed by atoms with Gasteiger partial charge in [0.05, 0.1) is 16.7 Å². The maximum atomic E-state index is 12.5. The fourth-order valence-corrected chi connectivity index (χ4v) is 2.00. The molecule has 0 aliphatic carbocycles. The highest BCUT2D eigenvalue weighted by Crippen LogP contribution is 2.29. The molecular formula is C14H9F3N2O. The Morgan fingerprint density at radius 2 is 1.55 bits per heavy atom. The SMILES string of the molecule is FC(F)(F)Oc1nc2ccccc2n1-c1ccccc1. The van der Waals surface area contributed by atoms with E-state index < -0.39 is 12.4 Å². The zero-order valence-electron chi connectivity index (χ0n) is 10.1. The minimum atomic E-state index is -4.78. The van der Waals surface area contributed by atoms with Gasteiger partial charge in [-0.15, -0.1) is 13.2 Å². The number of fused-ring (bicyclic) bond motifs is 1. The van der Waals surface area contributed by atoms with Crippen LogP contribution in [0.15, 0.2) is 54.6 Å². The normalized spacial score (nSPS) is 11.8. The predicted octanol–water partition coefficient (Wildman–Crippen LogP) is 3.92. The van der Waals surface area contributed by atoms with E-state index >= 15 is 0 Å². The summed E-state index contributed by atoms with van der Waals surface area (Å²) in [7, 11) is 0. The van der Waals surface area contributed by atoms with E-state index in [4.69, 9.17) is 0 Å². The summed E-state index contributed by atoms with van der Waals surface area (Å²) in [5.41, 5.74) is 1.55. The van der Waals surface area contributed by atoms with Crippen LogP contribution in [0.25, 0.3) is 16.7 Å². The molecule has 1 aromatic heterocycles. The van der Waals surface area contributed by atoms with Crippen molar-refractivity contribution in [2.75, 3.05) is 0 Å². The van der Waals surface area contributed by atoms with Gasteiger partial charge < -0.3 is 4.74 Å². The number of halogens is 3. The van der Waals surface area contributed by atoms with Gasteiger partial charge in [-0.25, -0.2) is 0 Å². The number of hydrogen-bond acceptors (Lipinski definition) is 2. The monoisotopic (exact) mass is 278 g/mol. The number of para-hydroxylation sites is 3. The number of ether oxygens (including phenoxy) is 1. The lowest BCUT2D eigenvalue weighted by Gasteiger charge is -2.11. The molecule has 0 aliphatic heterocycles. The van der Waals surface area contributed by atoms with Crippen molar-refractivity contribution in [3.05, 3.63) is 54.6 Å². The number of benzene rings is 2. The number of aromatic nitrogens is 2. The Labute approximate surface area is 112 Å². The standard InChI is InChI=1S/C14H9F3N2O/c15-14(16,17)20-13-18-11-8-4-5-9-12(11)19(13)10-6-2-1-3-7-10/h1-9H. The van der Waals surface area contributed by atoms with Gasteiger partial charge in [-0.1, -0.05) is 30.3 Å². The minimum Gasteiger partial charge on any atom is -0.372 e. The van der Waals surface area contributed by atoms with E-state index in [-0.39, 0.29) is 0 Å². The van der Waals surface area contributed by atoms with E-state index in [9.17, 15) is 13.2 Å². The third-order valence-electron chi connectivity index (χ3n) is 2.75. The van der Waals surface area contributed by atoms with Crippen LogP contribution in [0.2, 0.25) is 0 Å². The van der Waals surface area contributed by atoms with Gasteiger partial charge in [-0.3, -0.25) is 4.57 Å². The van der Waals surface area contributed by atoms with E-state index in [0.29, 0.717) is 16.7 Å². The van der Waals surface area contributed by atoms with Crippen molar-refractivity contribution >= 4 is 11.0 Å². The fraction of sp³-hybridized carbons (Fsp3) is 0.0714. The molecule has 0 spiro atoms. The molecule has 0 atom stereocenters. The Balaban J connectivity index is 2.24. The van der Waals surface area contributed by atoms with Crippen molar-refractivity contribution in [3.63, 3.8) is 0 Å². The third kappa shape index (κ3) is 2.32. The van der Waals surface area contributed by atoms with E-state index in [0.717, 1.165) is 0 Å². The first-order chi connectivity index (χ1) is 9.54. The minimum absolute atomic E-state index is 0.440. The molecule has 0 amide bonds. The van der Waals surface area contributed by atoms with Crippen LogP contribution in [0.3, 0.4) is 0 Å². The number of nitrogens with zero attached hydrogens (tertiary/aromatic N) is 2. The highest BCUT2D eigenvalue weighted by atomic mass is 19.4. The molecule has 0 bridgehead atoms. The van der Waals surface area contributed by atoms with Gasteiger partial charge in [0.25, 0.3) is 0 Å². The summed E-state index contributed by atoms with van der Waals surface area (Å²) in [6.45, 7) is 0. The molecule has 3 aromatic rings. The predicted molar refractivity (Wildman–Crippen MR) is 67.8 cm³/mol. The molecule has 0 unspecified atom stereocenters. The van der Waals surface area contributed by atoms with Crippen molar-refractivity contribution in [3.8, 4) is 11.7 Å². The van der Waals surface area contributed by atoms with Crippen molar-refractivity contribution in [1.82, 2.24) is 9.55 Å². The lowest BCUT2D eigenvalue weighted by Crippen LogP contribution is -2.19. The van der Waals surface area contributed by atoms with E-state index in [2.05, 4.69) is 9.72 Å². The average molecular weight is 278 g/mol. The summed E-state index contributed by atoms with van der Waals surface area (Å²) < 4.78 is 42.8. The first-order valence-electron chi connectivity index (χ1n) is 5.83. The zero-order chi connectivity index (χ0) is 14.2. The molecular weight excluding hydrogens is 269 g/mol. The summed E-state index contributed by atoms with van der Waals surface area (Å²) in [4.78, 5) is 3.90. The maximum Gasteiger partial charge on any atom is 0.575 e. The summed E-state index contributed by atoms with van der Waals surface area (Å²) >= 11 is 0. The summed E-state index contributed by atoms with van der Waals surface area (Å²) in [6, 6.07) is 14.9. The van der Waals surface area contributed by atoms with Gasteiger partial charge in [0.2, 0.25) is 0 Å². The topological polar surface area (TPSA) is 27.1 Å². The number of imidazole rings is 1. The lowest BCUT2D eigenvalue weighted by atomic mass is 10.3. The van der Waals surface area contributed by atoms with Crippen LogP contribution in [-0.4, -0.2) is 15.9 Å². The molecule has 1 heterocycles. The van der Waals surface area contributed by atoms with E-state index in [1.807, 2.05) is 0 Å². The Hall–Kier alpha value is -2.50. The molecule has 0 fully saturated rings. The van der Waals surface area contributed by atoms with Gasteiger partial charge in [-0.2, -0.15) is 4.98 Å². The second kappa shape index (κ2) is 4.56. The van der Waals surface area contributed by atoms with Crippen molar-refractivity contribution in [1.29, 1.82) is 0 Å². The first kappa shape index (κ1) is 12.5. The van der Waals surface area contributed by atoms with E-state index in [1.165, 1.54) is 4.57 Å². The van der Waals surface area contributed by atoms with Crippen LogP contribution in [0.1, 0.15) is 0 Å². The van der Waals surface area contributed by atoms with Crippen molar-refractivity contribution in [2.45, 2.75) is 6.36 Å². The van der Waals surface area contributed by atoms with Crippen molar-refractivity contribution < 1.29 is 17.9 Å². The second-order valence-corrected chi connectivity index (χ2v) is 4.10. The lowest BCUT2D eigenvalue weighted by molar-refractivity contribution is -0.278.